The maximum absolute atomic E-state index is 13.6. The first-order chi connectivity index (χ1) is 25.7. The van der Waals surface area contributed by atoms with Gasteiger partial charge in [-0.3, -0.25) is 9.59 Å². The molecule has 276 valence electrons. The molecule has 5 rings (SSSR count). The van der Waals surface area contributed by atoms with E-state index >= 15 is 0 Å². The van der Waals surface area contributed by atoms with Crippen molar-refractivity contribution in [3.8, 4) is 28.3 Å². The predicted molar refractivity (Wildman–Crippen MR) is 205 cm³/mol. The topological polar surface area (TPSA) is 159 Å². The Labute approximate surface area is 310 Å². The zero-order chi connectivity index (χ0) is 37.6. The molecule has 2 unspecified atom stereocenters. The average molecular weight is 717 g/mol. The van der Waals surface area contributed by atoms with Crippen molar-refractivity contribution in [1.82, 2.24) is 30.6 Å². The van der Waals surface area contributed by atoms with Crippen LogP contribution in [-0.2, 0) is 22.4 Å². The molecule has 53 heavy (non-hydrogen) atoms. The van der Waals surface area contributed by atoms with Crippen LogP contribution in [0.1, 0.15) is 86.0 Å². The highest BCUT2D eigenvalue weighted by atomic mass is 16.5. The van der Waals surface area contributed by atoms with E-state index in [1.165, 1.54) is 38.2 Å². The normalized spacial score (nSPS) is 12.2. The van der Waals surface area contributed by atoms with Gasteiger partial charge in [0, 0.05) is 53.8 Å². The average Bonchev–Trinajstić information content (AvgIpc) is 3.69. The van der Waals surface area contributed by atoms with Gasteiger partial charge in [-0.15, -0.1) is 0 Å². The number of ether oxygens (including phenoxy) is 1. The van der Waals surface area contributed by atoms with Crippen molar-refractivity contribution in [2.24, 2.45) is 0 Å². The molecule has 0 bridgehead atoms. The summed E-state index contributed by atoms with van der Waals surface area (Å²) >= 11 is 0. The number of aliphatic carboxylic acids is 1. The summed E-state index contributed by atoms with van der Waals surface area (Å²) in [7, 11) is 0. The van der Waals surface area contributed by atoms with E-state index in [1.807, 2.05) is 60.7 Å². The van der Waals surface area contributed by atoms with Crippen LogP contribution in [0.5, 0.6) is 5.75 Å². The fourth-order valence-corrected chi connectivity index (χ4v) is 5.85. The molecule has 2 amide bonds. The Hall–Kier alpha value is -5.84. The van der Waals surface area contributed by atoms with Gasteiger partial charge < -0.3 is 25.5 Å². The number of aromatic amines is 1. The van der Waals surface area contributed by atoms with Crippen LogP contribution in [0.25, 0.3) is 22.5 Å². The molecule has 2 heterocycles. The minimum Gasteiger partial charge on any atom is -0.494 e. The van der Waals surface area contributed by atoms with Crippen molar-refractivity contribution in [2.75, 3.05) is 6.61 Å². The first-order valence-electron chi connectivity index (χ1n) is 18.3. The molecule has 4 N–H and O–H groups in total. The number of carboxylic acids is 1. The first-order valence-corrected chi connectivity index (χ1v) is 18.3. The minimum atomic E-state index is -1.23. The van der Waals surface area contributed by atoms with Crippen molar-refractivity contribution in [2.45, 2.75) is 83.7 Å². The van der Waals surface area contributed by atoms with Gasteiger partial charge in [-0.1, -0.05) is 95.0 Å². The summed E-state index contributed by atoms with van der Waals surface area (Å²) < 4.78 is 5.90. The third-order valence-electron chi connectivity index (χ3n) is 9.06. The number of carbonyl (C=O) groups excluding carboxylic acids is 2. The number of aromatic nitrogens is 4. The predicted octanol–water partition coefficient (Wildman–Crippen LogP) is 7.16. The van der Waals surface area contributed by atoms with Gasteiger partial charge in [0.25, 0.3) is 5.91 Å². The Kier molecular flexibility index (Phi) is 13.9. The smallest absolute Gasteiger partial charge is 0.326 e. The van der Waals surface area contributed by atoms with Gasteiger partial charge in [0.2, 0.25) is 5.91 Å². The summed E-state index contributed by atoms with van der Waals surface area (Å²) in [5.74, 6) is -0.574. The lowest BCUT2D eigenvalue weighted by Gasteiger charge is -2.22. The van der Waals surface area contributed by atoms with E-state index < -0.39 is 29.9 Å². The Morgan fingerprint density at radius 2 is 1.43 bits per heavy atom. The van der Waals surface area contributed by atoms with Gasteiger partial charge in [0.05, 0.1) is 12.9 Å². The van der Waals surface area contributed by atoms with Gasteiger partial charge in [-0.2, -0.15) is 0 Å². The molecule has 0 spiro atoms. The van der Waals surface area contributed by atoms with E-state index in [2.05, 4.69) is 51.3 Å². The van der Waals surface area contributed by atoms with Gasteiger partial charge >= 0.3 is 5.97 Å². The molecule has 0 aliphatic rings. The van der Waals surface area contributed by atoms with Crippen molar-refractivity contribution >= 4 is 17.8 Å². The molecule has 3 aromatic carbocycles. The number of rotatable bonds is 19. The van der Waals surface area contributed by atoms with E-state index in [0.29, 0.717) is 29.6 Å². The molecule has 0 saturated heterocycles. The van der Waals surface area contributed by atoms with E-state index in [-0.39, 0.29) is 12.8 Å². The van der Waals surface area contributed by atoms with Gasteiger partial charge in [0.15, 0.2) is 5.82 Å². The summed E-state index contributed by atoms with van der Waals surface area (Å²) in [6.07, 6.45) is 12.6. The standard InChI is InChI=1S/C42H48N6O5/c1-4-5-6-7-8-21-53-36-19-17-31(18-20-36)34-24-44-39(45-25-34)32-11-9-29(10-12-32)22-37(47-40(49)33-15-13-30(14-16-33)28(2)3)41(50)48-38(42(51)52)23-35-26-43-27-46-35/h9-20,24-28,37-38H,4-8,21-23H2,1-3H3,(H,43,46)(H,47,49)(H,48,50)(H,51,52). The second kappa shape index (κ2) is 19.1. The SMILES string of the molecule is CCCCCCCOc1ccc(-c2cnc(-c3ccc(CC(NC(=O)c4ccc(C(C)C)cc4)C(=O)NC(Cc4cnc[nH]4)C(=O)O)cc3)nc2)cc1. The number of hydrogen-bond donors (Lipinski definition) is 4. The summed E-state index contributed by atoms with van der Waals surface area (Å²) in [6, 6.07) is 20.3. The van der Waals surface area contributed by atoms with Crippen LogP contribution in [0.15, 0.2) is 97.7 Å². The van der Waals surface area contributed by atoms with Crippen LogP contribution < -0.4 is 15.4 Å². The van der Waals surface area contributed by atoms with Crippen LogP contribution in [0.2, 0.25) is 0 Å². The minimum absolute atomic E-state index is 0.00483. The van der Waals surface area contributed by atoms with E-state index in [1.54, 1.807) is 24.5 Å². The highest BCUT2D eigenvalue weighted by Gasteiger charge is 2.28. The Morgan fingerprint density at radius 1 is 0.755 bits per heavy atom. The van der Waals surface area contributed by atoms with Crippen LogP contribution in [0.4, 0.5) is 0 Å². The Bertz CT molecular complexity index is 1890. The summed E-state index contributed by atoms with van der Waals surface area (Å²) in [5, 5.41) is 15.3. The zero-order valence-electron chi connectivity index (χ0n) is 30.5. The highest BCUT2D eigenvalue weighted by molar-refractivity contribution is 5.98. The Balaban J connectivity index is 1.25. The molecule has 11 nitrogen and oxygen atoms in total. The summed E-state index contributed by atoms with van der Waals surface area (Å²) in [5.41, 5.74) is 5.44. The van der Waals surface area contributed by atoms with Gasteiger partial charge in [0.1, 0.15) is 17.8 Å². The summed E-state index contributed by atoms with van der Waals surface area (Å²) in [6.45, 7) is 7.06. The first kappa shape index (κ1) is 38.4. The summed E-state index contributed by atoms with van der Waals surface area (Å²) in [4.78, 5) is 55.0. The van der Waals surface area contributed by atoms with Crippen molar-refractivity contribution in [3.63, 3.8) is 0 Å². The zero-order valence-corrected chi connectivity index (χ0v) is 30.5. The molecule has 0 radical (unpaired) electrons. The number of carboxylic acid groups (broad SMARTS) is 1. The number of unbranched alkanes of at least 4 members (excludes halogenated alkanes) is 4. The van der Waals surface area contributed by atoms with Crippen molar-refractivity contribution < 1.29 is 24.2 Å². The lowest BCUT2D eigenvalue weighted by molar-refractivity contribution is -0.142. The quantitative estimate of drug-likeness (QED) is 0.0656. The number of nitrogens with zero attached hydrogens (tertiary/aromatic N) is 3. The second-order valence-corrected chi connectivity index (χ2v) is 13.5. The third kappa shape index (κ3) is 11.3. The lowest BCUT2D eigenvalue weighted by atomic mass is 10.0. The number of nitrogens with one attached hydrogen (secondary N) is 3. The number of imidazole rings is 1. The molecule has 0 aliphatic carbocycles. The number of benzene rings is 3. The second-order valence-electron chi connectivity index (χ2n) is 13.5. The molecule has 11 heteroatoms. The lowest BCUT2D eigenvalue weighted by Crippen LogP contribution is -2.53. The van der Waals surface area contributed by atoms with Crippen LogP contribution in [-0.4, -0.2) is 61.5 Å². The van der Waals surface area contributed by atoms with E-state index in [9.17, 15) is 19.5 Å². The van der Waals surface area contributed by atoms with Gasteiger partial charge in [-0.25, -0.2) is 19.7 Å². The molecule has 2 aromatic heterocycles. The van der Waals surface area contributed by atoms with Crippen LogP contribution in [0.3, 0.4) is 0 Å². The molecule has 0 saturated carbocycles. The molecule has 2 atom stereocenters. The maximum Gasteiger partial charge on any atom is 0.326 e. The van der Waals surface area contributed by atoms with Gasteiger partial charge in [-0.05, 0) is 53.3 Å². The van der Waals surface area contributed by atoms with Crippen molar-refractivity contribution in [3.05, 3.63) is 120 Å². The van der Waals surface area contributed by atoms with Crippen molar-refractivity contribution in [1.29, 1.82) is 0 Å². The molecular weight excluding hydrogens is 668 g/mol. The van der Waals surface area contributed by atoms with E-state index in [4.69, 9.17) is 4.74 Å². The molecule has 0 fully saturated rings. The van der Waals surface area contributed by atoms with Crippen LogP contribution in [0, 0.1) is 0 Å². The molecule has 5 aromatic rings. The number of amides is 2. The van der Waals surface area contributed by atoms with Crippen LogP contribution >= 0.6 is 0 Å². The van der Waals surface area contributed by atoms with E-state index in [0.717, 1.165) is 40.0 Å². The molecule has 0 aliphatic heterocycles. The number of carbonyl (C=O) groups is 3. The monoisotopic (exact) mass is 716 g/mol. The fourth-order valence-electron chi connectivity index (χ4n) is 5.85. The molecular formula is C42H48N6O5. The third-order valence-corrected chi connectivity index (χ3v) is 9.06. The Morgan fingerprint density at radius 3 is 2.06 bits per heavy atom. The fraction of sp³-hybridized carbons (Fsp3) is 0.333. The number of H-pyrrole nitrogens is 1. The number of hydrogen-bond acceptors (Lipinski definition) is 7. The maximum atomic E-state index is 13.6. The highest BCUT2D eigenvalue weighted by Crippen LogP contribution is 2.24. The largest absolute Gasteiger partial charge is 0.494 e.